The van der Waals surface area contributed by atoms with Crippen molar-refractivity contribution in [2.45, 2.75) is 32.1 Å². The molecule has 88 valence electrons. The summed E-state index contributed by atoms with van der Waals surface area (Å²) in [5.41, 5.74) is 2.45. The fourth-order valence-corrected chi connectivity index (χ4v) is 4.26. The monoisotopic (exact) mass is 226 g/mol. The lowest BCUT2D eigenvalue weighted by Gasteiger charge is -2.18. The number of rotatable bonds is 1. The summed E-state index contributed by atoms with van der Waals surface area (Å²) >= 11 is 0. The molecule has 1 fully saturated rings. The molecule has 4 aliphatic rings. The van der Waals surface area contributed by atoms with Crippen LogP contribution in [0.25, 0.3) is 0 Å². The number of fused-ring (bicyclic) bond motifs is 5. The largest absolute Gasteiger partial charge is 0.294 e. The van der Waals surface area contributed by atoms with Gasteiger partial charge in [0.25, 0.3) is 0 Å². The van der Waals surface area contributed by atoms with Crippen LogP contribution in [0.3, 0.4) is 0 Å². The van der Waals surface area contributed by atoms with Crippen LogP contribution in [0.2, 0.25) is 0 Å². The average molecular weight is 226 g/mol. The molecule has 1 nitrogen and oxygen atoms in total. The van der Waals surface area contributed by atoms with Crippen LogP contribution in [0.5, 0.6) is 0 Å². The molecule has 0 heterocycles. The van der Waals surface area contributed by atoms with E-state index in [9.17, 15) is 4.79 Å². The molecule has 0 aromatic heterocycles. The van der Waals surface area contributed by atoms with Gasteiger partial charge < -0.3 is 0 Å². The van der Waals surface area contributed by atoms with Crippen molar-refractivity contribution in [1.29, 1.82) is 0 Å². The Labute approximate surface area is 102 Å². The lowest BCUT2D eigenvalue weighted by Crippen LogP contribution is -2.21. The first-order chi connectivity index (χ1) is 8.34. The van der Waals surface area contributed by atoms with E-state index in [-0.39, 0.29) is 0 Å². The summed E-state index contributed by atoms with van der Waals surface area (Å²) in [7, 11) is 0. The highest BCUT2D eigenvalue weighted by Crippen LogP contribution is 2.54. The second kappa shape index (κ2) is 3.44. The molecule has 4 atom stereocenters. The zero-order valence-corrected chi connectivity index (χ0v) is 10.1. The molecule has 1 heteroatoms. The normalized spacial score (nSPS) is 42.7. The van der Waals surface area contributed by atoms with Gasteiger partial charge in [0, 0.05) is 11.5 Å². The van der Waals surface area contributed by atoms with Gasteiger partial charge in [0.2, 0.25) is 0 Å². The average Bonchev–Trinajstić information content (AvgIpc) is 3.03. The van der Waals surface area contributed by atoms with Crippen molar-refractivity contribution >= 4 is 5.78 Å². The first kappa shape index (κ1) is 9.87. The molecule has 0 N–H and O–H groups in total. The molecule has 0 amide bonds. The van der Waals surface area contributed by atoms with Crippen LogP contribution in [-0.2, 0) is 4.79 Å². The van der Waals surface area contributed by atoms with E-state index in [0.717, 1.165) is 12.0 Å². The summed E-state index contributed by atoms with van der Waals surface area (Å²) < 4.78 is 0. The highest BCUT2D eigenvalue weighted by Gasteiger charge is 2.51. The van der Waals surface area contributed by atoms with E-state index >= 15 is 0 Å². The number of hydrogen-bond donors (Lipinski definition) is 0. The van der Waals surface area contributed by atoms with E-state index in [1.807, 2.05) is 0 Å². The zero-order valence-electron chi connectivity index (χ0n) is 10.1. The molecule has 0 aromatic rings. The second-order valence-corrected chi connectivity index (χ2v) is 5.97. The first-order valence-corrected chi connectivity index (χ1v) is 6.98. The molecule has 4 aliphatic carbocycles. The van der Waals surface area contributed by atoms with Gasteiger partial charge in [0.1, 0.15) is 0 Å². The third-order valence-electron chi connectivity index (χ3n) is 5.08. The van der Waals surface area contributed by atoms with Gasteiger partial charge in [-0.25, -0.2) is 0 Å². The number of carbonyl (C=O) groups is 1. The Kier molecular flexibility index (Phi) is 2.00. The zero-order chi connectivity index (χ0) is 11.4. The lowest BCUT2D eigenvalue weighted by atomic mass is 9.84. The molecule has 2 bridgehead atoms. The Balaban J connectivity index is 1.69. The fourth-order valence-electron chi connectivity index (χ4n) is 4.26. The van der Waals surface area contributed by atoms with E-state index in [2.05, 4.69) is 24.3 Å². The topological polar surface area (TPSA) is 17.1 Å². The number of ketones is 1. The van der Waals surface area contributed by atoms with E-state index < -0.39 is 0 Å². The molecule has 0 radical (unpaired) electrons. The minimum absolute atomic E-state index is 0.308. The highest BCUT2D eigenvalue weighted by atomic mass is 16.1. The first-order valence-electron chi connectivity index (χ1n) is 6.98. The smallest absolute Gasteiger partial charge is 0.167 e. The fraction of sp³-hybridized carbons (Fsp3) is 0.562. The van der Waals surface area contributed by atoms with Gasteiger partial charge in [-0.2, -0.15) is 0 Å². The summed E-state index contributed by atoms with van der Waals surface area (Å²) in [5, 5.41) is 0. The van der Waals surface area contributed by atoms with Crippen molar-refractivity contribution in [2.24, 2.45) is 23.7 Å². The summed E-state index contributed by atoms with van der Waals surface area (Å²) in [4.78, 5) is 12.5. The molecule has 0 aliphatic heterocycles. The maximum absolute atomic E-state index is 12.5. The summed E-state index contributed by atoms with van der Waals surface area (Å²) in [6.07, 6.45) is 15.3. The van der Waals surface area contributed by atoms with Crippen molar-refractivity contribution in [2.75, 3.05) is 0 Å². The van der Waals surface area contributed by atoms with Gasteiger partial charge >= 0.3 is 0 Å². The van der Waals surface area contributed by atoms with E-state index in [1.165, 1.54) is 31.3 Å². The van der Waals surface area contributed by atoms with Gasteiger partial charge in [-0.3, -0.25) is 4.79 Å². The van der Waals surface area contributed by atoms with Gasteiger partial charge in [-0.05, 0) is 55.4 Å². The molecular weight excluding hydrogens is 208 g/mol. The highest BCUT2D eigenvalue weighted by molar-refractivity contribution is 6.04. The Morgan fingerprint density at radius 3 is 2.76 bits per heavy atom. The van der Waals surface area contributed by atoms with Gasteiger partial charge in [-0.1, -0.05) is 24.3 Å². The van der Waals surface area contributed by atoms with E-state index in [4.69, 9.17) is 0 Å². The summed E-state index contributed by atoms with van der Waals surface area (Å²) in [6, 6.07) is 0. The van der Waals surface area contributed by atoms with Crippen LogP contribution in [0.1, 0.15) is 32.1 Å². The minimum Gasteiger partial charge on any atom is -0.294 e. The van der Waals surface area contributed by atoms with Gasteiger partial charge in [-0.15, -0.1) is 0 Å². The third kappa shape index (κ3) is 1.28. The Hall–Kier alpha value is -1.11. The lowest BCUT2D eigenvalue weighted by molar-refractivity contribution is -0.119. The van der Waals surface area contributed by atoms with Crippen molar-refractivity contribution < 1.29 is 4.79 Å². The van der Waals surface area contributed by atoms with Crippen LogP contribution in [-0.4, -0.2) is 5.78 Å². The van der Waals surface area contributed by atoms with Crippen molar-refractivity contribution in [3.63, 3.8) is 0 Å². The van der Waals surface area contributed by atoms with Crippen molar-refractivity contribution in [3.05, 3.63) is 35.5 Å². The minimum atomic E-state index is 0.308. The quantitative estimate of drug-likeness (QED) is 0.626. The summed E-state index contributed by atoms with van der Waals surface area (Å²) in [5.74, 6) is 2.52. The van der Waals surface area contributed by atoms with Crippen molar-refractivity contribution in [3.8, 4) is 0 Å². The molecular formula is C16H18O. The predicted molar refractivity (Wildman–Crippen MR) is 67.4 cm³/mol. The molecule has 4 rings (SSSR count). The van der Waals surface area contributed by atoms with E-state index in [1.54, 1.807) is 0 Å². The van der Waals surface area contributed by atoms with Crippen molar-refractivity contribution in [1.82, 2.24) is 0 Å². The number of Topliss-reactive ketones (excluding diaryl/α,β-unsaturated/α-hetero) is 1. The maximum Gasteiger partial charge on any atom is 0.167 e. The number of hydrogen-bond acceptors (Lipinski definition) is 1. The van der Waals surface area contributed by atoms with Gasteiger partial charge in [0.05, 0.1) is 0 Å². The third-order valence-corrected chi connectivity index (χ3v) is 5.08. The number of carbonyl (C=O) groups excluding carboxylic acids is 1. The Morgan fingerprint density at radius 1 is 1.12 bits per heavy atom. The van der Waals surface area contributed by atoms with Crippen LogP contribution < -0.4 is 0 Å². The van der Waals surface area contributed by atoms with Crippen LogP contribution in [0, 0.1) is 23.7 Å². The maximum atomic E-state index is 12.5. The molecule has 0 saturated heterocycles. The van der Waals surface area contributed by atoms with Crippen LogP contribution in [0.4, 0.5) is 0 Å². The second-order valence-electron chi connectivity index (χ2n) is 5.97. The molecule has 1 saturated carbocycles. The Bertz CT molecular complexity index is 466. The molecule has 17 heavy (non-hydrogen) atoms. The van der Waals surface area contributed by atoms with Gasteiger partial charge in [0.15, 0.2) is 5.78 Å². The summed E-state index contributed by atoms with van der Waals surface area (Å²) in [6.45, 7) is 0. The molecule has 4 unspecified atom stereocenters. The number of allylic oxidation sites excluding steroid dienone is 6. The van der Waals surface area contributed by atoms with Crippen LogP contribution in [0.15, 0.2) is 35.5 Å². The van der Waals surface area contributed by atoms with Crippen LogP contribution >= 0.6 is 0 Å². The Morgan fingerprint density at radius 2 is 2.00 bits per heavy atom. The SMILES string of the molecule is O=C1C(C2=CCCCC2)=CC2C3C=CC(C3)C12. The van der Waals surface area contributed by atoms with E-state index in [0.29, 0.717) is 29.5 Å². The molecule has 0 aromatic carbocycles. The molecule has 0 spiro atoms. The standard InChI is InChI=1S/C16H18O/c17-16-14(10-4-2-1-3-5-10)9-13-11-6-7-12(8-11)15(13)16/h4,6-7,9,11-13,15H,1-3,5,8H2. The predicted octanol–water partition coefficient (Wildman–Crippen LogP) is 3.43.